The minimum Gasteiger partial charge on any atom is -0.396 e. The first-order chi connectivity index (χ1) is 9.97. The van der Waals surface area contributed by atoms with Gasteiger partial charge in [0.2, 0.25) is 0 Å². The van der Waals surface area contributed by atoms with Crippen molar-refractivity contribution in [3.05, 3.63) is 29.3 Å². The van der Waals surface area contributed by atoms with Gasteiger partial charge >= 0.3 is 0 Å². The average molecular weight is 296 g/mol. The highest BCUT2D eigenvalue weighted by molar-refractivity contribution is 5.95. The van der Waals surface area contributed by atoms with Crippen LogP contribution in [0.1, 0.15) is 49.4 Å². The molecule has 1 aromatic carbocycles. The van der Waals surface area contributed by atoms with E-state index in [2.05, 4.69) is 12.2 Å². The van der Waals surface area contributed by atoms with Gasteiger partial charge in [-0.1, -0.05) is 32.6 Å². The van der Waals surface area contributed by atoms with Gasteiger partial charge in [-0.2, -0.15) is 0 Å². The number of nitrogen functional groups attached to an aromatic ring is 1. The lowest BCUT2D eigenvalue weighted by atomic mass is 9.81. The molecule has 1 saturated carbocycles. The van der Waals surface area contributed by atoms with Crippen molar-refractivity contribution >= 4 is 11.6 Å². The molecule has 0 heterocycles. The first-order valence-corrected chi connectivity index (χ1v) is 7.50. The van der Waals surface area contributed by atoms with E-state index in [1.165, 1.54) is 25.7 Å². The molecule has 3 nitrogen and oxygen atoms in total. The van der Waals surface area contributed by atoms with Crippen LogP contribution in [-0.4, -0.2) is 12.5 Å². The number of rotatable bonds is 4. The minimum absolute atomic E-state index is 0.329. The third-order valence-electron chi connectivity index (χ3n) is 4.28. The fourth-order valence-electron chi connectivity index (χ4n) is 2.88. The van der Waals surface area contributed by atoms with Crippen LogP contribution in [0, 0.1) is 23.5 Å². The maximum absolute atomic E-state index is 13.7. The molecular formula is C16H22F2N2O. The summed E-state index contributed by atoms with van der Waals surface area (Å²) in [5.74, 6) is -0.771. The number of halogens is 2. The van der Waals surface area contributed by atoms with Crippen LogP contribution in [0.5, 0.6) is 0 Å². The summed E-state index contributed by atoms with van der Waals surface area (Å²) >= 11 is 0. The number of anilines is 1. The van der Waals surface area contributed by atoms with Crippen LogP contribution in [0.15, 0.2) is 12.1 Å². The summed E-state index contributed by atoms with van der Waals surface area (Å²) < 4.78 is 26.9. The normalized spacial score (nSPS) is 22.0. The molecule has 1 aliphatic carbocycles. The number of hydrogen-bond acceptors (Lipinski definition) is 2. The molecular weight excluding hydrogens is 274 g/mol. The van der Waals surface area contributed by atoms with Crippen LogP contribution in [-0.2, 0) is 0 Å². The third-order valence-corrected chi connectivity index (χ3v) is 4.28. The Labute approximate surface area is 123 Å². The minimum atomic E-state index is -0.861. The highest BCUT2D eigenvalue weighted by Crippen LogP contribution is 2.30. The first kappa shape index (κ1) is 15.7. The lowest BCUT2D eigenvalue weighted by molar-refractivity contribution is 0.0945. The summed E-state index contributed by atoms with van der Waals surface area (Å²) in [7, 11) is 0. The second-order valence-electron chi connectivity index (χ2n) is 6.03. The predicted octanol–water partition coefficient (Wildman–Crippen LogP) is 3.49. The first-order valence-electron chi connectivity index (χ1n) is 7.50. The topological polar surface area (TPSA) is 55.1 Å². The van der Waals surface area contributed by atoms with Crippen LogP contribution in [0.2, 0.25) is 0 Å². The summed E-state index contributed by atoms with van der Waals surface area (Å²) in [5.41, 5.74) is 4.65. The Bertz CT molecular complexity index is 511. The molecule has 1 fully saturated rings. The number of hydrogen-bond donors (Lipinski definition) is 2. The van der Waals surface area contributed by atoms with Crippen LogP contribution >= 0.6 is 0 Å². The van der Waals surface area contributed by atoms with E-state index in [9.17, 15) is 13.6 Å². The number of nitrogens with two attached hydrogens (primary N) is 1. The van der Waals surface area contributed by atoms with E-state index in [-0.39, 0.29) is 11.3 Å². The van der Waals surface area contributed by atoms with Crippen molar-refractivity contribution in [2.75, 3.05) is 12.3 Å². The fourth-order valence-corrected chi connectivity index (χ4v) is 2.88. The van der Waals surface area contributed by atoms with Gasteiger partial charge in [0.05, 0.1) is 11.3 Å². The Morgan fingerprint density at radius 3 is 2.62 bits per heavy atom. The molecule has 5 heteroatoms. The van der Waals surface area contributed by atoms with Crippen molar-refractivity contribution in [3.63, 3.8) is 0 Å². The molecule has 21 heavy (non-hydrogen) atoms. The molecule has 1 aromatic rings. The number of amides is 1. The standard InChI is InChI=1S/C16H22F2N2O/c1-10-2-4-11(5-3-10)6-7-20-16(21)13-8-12(17)9-14(19)15(13)18/h8-11H,2-7,19H2,1H3,(H,20,21). The van der Waals surface area contributed by atoms with Crippen LogP contribution in [0.4, 0.5) is 14.5 Å². The quantitative estimate of drug-likeness (QED) is 0.836. The SMILES string of the molecule is CC1CCC(CCNC(=O)c2cc(F)cc(N)c2F)CC1. The monoisotopic (exact) mass is 296 g/mol. The van der Waals surface area contributed by atoms with Crippen molar-refractivity contribution in [3.8, 4) is 0 Å². The number of nitrogens with one attached hydrogen (secondary N) is 1. The van der Waals surface area contributed by atoms with Gasteiger partial charge in [-0.05, 0) is 30.4 Å². The van der Waals surface area contributed by atoms with Gasteiger partial charge in [0.25, 0.3) is 5.91 Å². The molecule has 0 atom stereocenters. The molecule has 2 rings (SSSR count). The highest BCUT2D eigenvalue weighted by Gasteiger charge is 2.19. The van der Waals surface area contributed by atoms with Crippen LogP contribution in [0.3, 0.4) is 0 Å². The second kappa shape index (κ2) is 6.87. The van der Waals surface area contributed by atoms with Crippen molar-refractivity contribution in [2.45, 2.75) is 39.0 Å². The van der Waals surface area contributed by atoms with Crippen LogP contribution in [0.25, 0.3) is 0 Å². The molecule has 0 aliphatic heterocycles. The number of benzene rings is 1. The largest absolute Gasteiger partial charge is 0.396 e. The maximum Gasteiger partial charge on any atom is 0.254 e. The van der Waals surface area contributed by atoms with E-state index in [0.717, 1.165) is 24.5 Å². The predicted molar refractivity (Wildman–Crippen MR) is 78.8 cm³/mol. The second-order valence-corrected chi connectivity index (χ2v) is 6.03. The molecule has 0 bridgehead atoms. The van der Waals surface area contributed by atoms with Crippen molar-refractivity contribution in [2.24, 2.45) is 11.8 Å². The van der Waals surface area contributed by atoms with E-state index in [4.69, 9.17) is 5.73 Å². The summed E-state index contributed by atoms with van der Waals surface area (Å²) in [6.45, 7) is 2.74. The summed E-state index contributed by atoms with van der Waals surface area (Å²) in [6.07, 6.45) is 5.70. The summed E-state index contributed by atoms with van der Waals surface area (Å²) in [5, 5.41) is 2.65. The van der Waals surface area contributed by atoms with E-state index >= 15 is 0 Å². The van der Waals surface area contributed by atoms with Gasteiger partial charge in [0.15, 0.2) is 5.82 Å². The molecule has 1 aliphatic rings. The Morgan fingerprint density at radius 2 is 1.95 bits per heavy atom. The Kier molecular flexibility index (Phi) is 5.15. The maximum atomic E-state index is 13.7. The average Bonchev–Trinajstić information content (AvgIpc) is 2.44. The Balaban J connectivity index is 1.85. The molecule has 116 valence electrons. The summed E-state index contributed by atoms with van der Waals surface area (Å²) in [6, 6.07) is 1.75. The van der Waals surface area contributed by atoms with E-state index < -0.39 is 17.5 Å². The molecule has 1 amide bonds. The van der Waals surface area contributed by atoms with Crippen molar-refractivity contribution in [1.29, 1.82) is 0 Å². The molecule has 0 saturated heterocycles. The van der Waals surface area contributed by atoms with Crippen molar-refractivity contribution in [1.82, 2.24) is 5.32 Å². The molecule has 3 N–H and O–H groups in total. The molecule has 0 unspecified atom stereocenters. The summed E-state index contributed by atoms with van der Waals surface area (Å²) in [4.78, 5) is 11.9. The number of carbonyl (C=O) groups excluding carboxylic acids is 1. The fraction of sp³-hybridized carbons (Fsp3) is 0.562. The Hall–Kier alpha value is -1.65. The van der Waals surface area contributed by atoms with Gasteiger partial charge in [-0.15, -0.1) is 0 Å². The number of carbonyl (C=O) groups is 1. The smallest absolute Gasteiger partial charge is 0.254 e. The van der Waals surface area contributed by atoms with E-state index in [1.807, 2.05) is 0 Å². The highest BCUT2D eigenvalue weighted by atomic mass is 19.1. The van der Waals surface area contributed by atoms with E-state index in [0.29, 0.717) is 12.5 Å². The van der Waals surface area contributed by atoms with Crippen molar-refractivity contribution < 1.29 is 13.6 Å². The van der Waals surface area contributed by atoms with Gasteiger partial charge in [-0.25, -0.2) is 8.78 Å². The molecule has 0 radical (unpaired) electrons. The van der Waals surface area contributed by atoms with Crippen LogP contribution < -0.4 is 11.1 Å². The zero-order valence-electron chi connectivity index (χ0n) is 12.3. The van der Waals surface area contributed by atoms with Gasteiger partial charge in [0.1, 0.15) is 5.82 Å². The molecule has 0 spiro atoms. The van der Waals surface area contributed by atoms with Gasteiger partial charge in [-0.3, -0.25) is 4.79 Å². The third kappa shape index (κ3) is 4.16. The lowest BCUT2D eigenvalue weighted by Gasteiger charge is -2.26. The zero-order valence-corrected chi connectivity index (χ0v) is 12.3. The van der Waals surface area contributed by atoms with Gasteiger partial charge in [0, 0.05) is 6.54 Å². The molecule has 0 aromatic heterocycles. The Morgan fingerprint density at radius 1 is 1.29 bits per heavy atom. The van der Waals surface area contributed by atoms with E-state index in [1.54, 1.807) is 0 Å². The zero-order chi connectivity index (χ0) is 15.4. The lowest BCUT2D eigenvalue weighted by Crippen LogP contribution is -2.28. The van der Waals surface area contributed by atoms with Gasteiger partial charge < -0.3 is 11.1 Å².